The minimum atomic E-state index is -0.119. The Morgan fingerprint density at radius 2 is 2.04 bits per heavy atom. The van der Waals surface area contributed by atoms with Gasteiger partial charge in [-0.15, -0.1) is 0 Å². The Morgan fingerprint density at radius 3 is 2.67 bits per heavy atom. The molecule has 2 heterocycles. The molecule has 0 aliphatic carbocycles. The second-order valence-electron chi connectivity index (χ2n) is 5.68. The lowest BCUT2D eigenvalue weighted by Gasteiger charge is -2.20. The maximum atomic E-state index is 12.7. The highest BCUT2D eigenvalue weighted by molar-refractivity contribution is 7.07. The molecular formula is C19H21N3OS. The molecule has 24 heavy (non-hydrogen) atoms. The Morgan fingerprint density at radius 1 is 1.21 bits per heavy atom. The average molecular weight is 339 g/mol. The highest BCUT2D eigenvalue weighted by Gasteiger charge is 2.21. The van der Waals surface area contributed by atoms with Gasteiger partial charge in [-0.3, -0.25) is 9.48 Å². The Balaban J connectivity index is 1.71. The Labute approximate surface area is 146 Å². The van der Waals surface area contributed by atoms with Gasteiger partial charge in [-0.25, -0.2) is 0 Å². The van der Waals surface area contributed by atoms with Crippen molar-refractivity contribution >= 4 is 17.2 Å². The van der Waals surface area contributed by atoms with Gasteiger partial charge in [0.05, 0.1) is 12.0 Å². The van der Waals surface area contributed by atoms with Crippen LogP contribution in [-0.2, 0) is 4.79 Å². The molecular weight excluding hydrogens is 318 g/mol. The Bertz CT molecular complexity index is 704. The molecule has 0 radical (unpaired) electrons. The molecule has 2 aromatic heterocycles. The standard InChI is InChI=1S/C19H21N3OS/c1-2-17(15-7-4-3-5-8-15)19(23)20-13-18(16-9-12-24-14-16)22-11-6-10-21-22/h3-12,14,17-18H,2,13H2,1H3,(H,20,23)/t17-,18+/m1/s1. The molecule has 4 nitrogen and oxygen atoms in total. The van der Waals surface area contributed by atoms with Crippen molar-refractivity contribution < 1.29 is 4.79 Å². The topological polar surface area (TPSA) is 46.9 Å². The predicted molar refractivity (Wildman–Crippen MR) is 97.2 cm³/mol. The Hall–Kier alpha value is -2.40. The number of benzene rings is 1. The van der Waals surface area contributed by atoms with E-state index in [9.17, 15) is 4.79 Å². The summed E-state index contributed by atoms with van der Waals surface area (Å²) in [5.41, 5.74) is 2.22. The van der Waals surface area contributed by atoms with Gasteiger partial charge in [-0.05, 0) is 40.4 Å². The van der Waals surface area contributed by atoms with Gasteiger partial charge in [0.1, 0.15) is 0 Å². The highest BCUT2D eigenvalue weighted by atomic mass is 32.1. The first-order chi connectivity index (χ1) is 11.8. The van der Waals surface area contributed by atoms with Crippen molar-refractivity contribution in [2.45, 2.75) is 25.3 Å². The fraction of sp³-hybridized carbons (Fsp3) is 0.263. The number of hydrogen-bond donors (Lipinski definition) is 1. The minimum absolute atomic E-state index is 0.0171. The number of thiophene rings is 1. The van der Waals surface area contributed by atoms with Crippen LogP contribution in [0.15, 0.2) is 65.6 Å². The van der Waals surface area contributed by atoms with Crippen LogP contribution in [0.2, 0.25) is 0 Å². The molecule has 3 rings (SSSR count). The number of nitrogens with one attached hydrogen (secondary N) is 1. The second kappa shape index (κ2) is 7.93. The lowest BCUT2D eigenvalue weighted by Crippen LogP contribution is -2.34. The van der Waals surface area contributed by atoms with Gasteiger partial charge in [0.15, 0.2) is 0 Å². The van der Waals surface area contributed by atoms with Crippen molar-refractivity contribution in [3.63, 3.8) is 0 Å². The van der Waals surface area contributed by atoms with Crippen molar-refractivity contribution in [2.24, 2.45) is 0 Å². The monoisotopic (exact) mass is 339 g/mol. The van der Waals surface area contributed by atoms with Crippen LogP contribution in [0.5, 0.6) is 0 Å². The summed E-state index contributed by atoms with van der Waals surface area (Å²) in [5.74, 6) is -0.0527. The summed E-state index contributed by atoms with van der Waals surface area (Å²) in [6, 6.07) is 13.9. The maximum absolute atomic E-state index is 12.7. The molecule has 1 amide bonds. The highest BCUT2D eigenvalue weighted by Crippen LogP contribution is 2.22. The minimum Gasteiger partial charge on any atom is -0.353 e. The zero-order valence-corrected chi connectivity index (χ0v) is 14.4. The van der Waals surface area contributed by atoms with Crippen LogP contribution >= 0.6 is 11.3 Å². The van der Waals surface area contributed by atoms with Crippen LogP contribution in [0.3, 0.4) is 0 Å². The average Bonchev–Trinajstić information content (AvgIpc) is 3.31. The van der Waals surface area contributed by atoms with Gasteiger partial charge in [-0.2, -0.15) is 16.4 Å². The molecule has 1 N–H and O–H groups in total. The largest absolute Gasteiger partial charge is 0.353 e. The van der Waals surface area contributed by atoms with Crippen LogP contribution in [-0.4, -0.2) is 22.2 Å². The lowest BCUT2D eigenvalue weighted by molar-refractivity contribution is -0.122. The first-order valence-corrected chi connectivity index (χ1v) is 9.07. The van der Waals surface area contributed by atoms with Gasteiger partial charge in [0.2, 0.25) is 5.91 Å². The number of amides is 1. The number of rotatable bonds is 7. The third-order valence-electron chi connectivity index (χ3n) is 4.17. The van der Waals surface area contributed by atoms with E-state index in [0.29, 0.717) is 6.54 Å². The van der Waals surface area contributed by atoms with Crippen LogP contribution in [0.1, 0.15) is 36.4 Å². The fourth-order valence-electron chi connectivity index (χ4n) is 2.87. The van der Waals surface area contributed by atoms with E-state index in [4.69, 9.17) is 0 Å². The lowest BCUT2D eigenvalue weighted by atomic mass is 9.95. The SMILES string of the molecule is CC[C@@H](C(=O)NC[C@@H](c1ccsc1)n1cccn1)c1ccccc1. The molecule has 0 spiro atoms. The second-order valence-corrected chi connectivity index (χ2v) is 6.46. The zero-order valence-electron chi connectivity index (χ0n) is 13.6. The van der Waals surface area contributed by atoms with Crippen molar-refractivity contribution in [1.29, 1.82) is 0 Å². The normalized spacial score (nSPS) is 13.4. The third kappa shape index (κ3) is 3.74. The molecule has 0 unspecified atom stereocenters. The first-order valence-electron chi connectivity index (χ1n) is 8.13. The van der Waals surface area contributed by atoms with E-state index in [1.165, 1.54) is 0 Å². The molecule has 5 heteroatoms. The number of aromatic nitrogens is 2. The fourth-order valence-corrected chi connectivity index (χ4v) is 3.58. The van der Waals surface area contributed by atoms with Crippen molar-refractivity contribution in [3.8, 4) is 0 Å². The molecule has 3 aromatic rings. The van der Waals surface area contributed by atoms with Crippen LogP contribution < -0.4 is 5.32 Å². The third-order valence-corrected chi connectivity index (χ3v) is 4.87. The molecule has 0 fully saturated rings. The molecule has 0 aliphatic rings. The van der Waals surface area contributed by atoms with Gasteiger partial charge >= 0.3 is 0 Å². The van der Waals surface area contributed by atoms with Crippen molar-refractivity contribution in [2.75, 3.05) is 6.54 Å². The van der Waals surface area contributed by atoms with Crippen molar-refractivity contribution in [3.05, 3.63) is 76.7 Å². The van der Waals surface area contributed by atoms with E-state index in [0.717, 1.165) is 17.5 Å². The number of hydrogen-bond acceptors (Lipinski definition) is 3. The van der Waals surface area contributed by atoms with Gasteiger partial charge in [0, 0.05) is 18.9 Å². The molecule has 0 aliphatic heterocycles. The summed E-state index contributed by atoms with van der Waals surface area (Å²) in [6.07, 6.45) is 4.48. The van der Waals surface area contributed by atoms with Crippen LogP contribution in [0.4, 0.5) is 0 Å². The van der Waals surface area contributed by atoms with Crippen LogP contribution in [0, 0.1) is 0 Å². The van der Waals surface area contributed by atoms with E-state index in [1.54, 1.807) is 17.5 Å². The summed E-state index contributed by atoms with van der Waals surface area (Å²) in [6.45, 7) is 2.57. The number of nitrogens with zero attached hydrogens (tertiary/aromatic N) is 2. The van der Waals surface area contributed by atoms with E-state index >= 15 is 0 Å². The van der Waals surface area contributed by atoms with E-state index in [2.05, 4.69) is 21.9 Å². The number of carbonyl (C=O) groups excluding carboxylic acids is 1. The maximum Gasteiger partial charge on any atom is 0.227 e. The van der Waals surface area contributed by atoms with E-state index < -0.39 is 0 Å². The quantitative estimate of drug-likeness (QED) is 0.711. The summed E-state index contributed by atoms with van der Waals surface area (Å²) in [4.78, 5) is 12.7. The molecule has 124 valence electrons. The molecule has 0 bridgehead atoms. The van der Waals surface area contributed by atoms with E-state index in [-0.39, 0.29) is 17.9 Å². The predicted octanol–water partition coefficient (Wildman–Crippen LogP) is 3.84. The zero-order chi connectivity index (χ0) is 16.8. The summed E-state index contributed by atoms with van der Waals surface area (Å²) < 4.78 is 1.89. The van der Waals surface area contributed by atoms with Gasteiger partial charge < -0.3 is 5.32 Å². The summed E-state index contributed by atoms with van der Waals surface area (Å²) in [7, 11) is 0. The molecule has 1 aromatic carbocycles. The summed E-state index contributed by atoms with van der Waals surface area (Å²) >= 11 is 1.65. The van der Waals surface area contributed by atoms with Crippen molar-refractivity contribution in [1.82, 2.24) is 15.1 Å². The number of carbonyl (C=O) groups is 1. The van der Waals surface area contributed by atoms with Gasteiger partial charge in [-0.1, -0.05) is 37.3 Å². The van der Waals surface area contributed by atoms with Crippen LogP contribution in [0.25, 0.3) is 0 Å². The Kier molecular flexibility index (Phi) is 5.43. The molecule has 0 saturated heterocycles. The smallest absolute Gasteiger partial charge is 0.227 e. The summed E-state index contributed by atoms with van der Waals surface area (Å²) in [5, 5.41) is 11.6. The molecule has 0 saturated carbocycles. The van der Waals surface area contributed by atoms with E-state index in [1.807, 2.05) is 59.6 Å². The molecule has 2 atom stereocenters. The first kappa shape index (κ1) is 16.5. The van der Waals surface area contributed by atoms with Gasteiger partial charge in [0.25, 0.3) is 0 Å².